The van der Waals surface area contributed by atoms with Crippen LogP contribution >= 0.6 is 0 Å². The molecule has 30 heavy (non-hydrogen) atoms. The lowest BCUT2D eigenvalue weighted by atomic mass is 10.0. The largest absolute Gasteiger partial charge is 0.504 e. The zero-order valence-corrected chi connectivity index (χ0v) is 17.0. The van der Waals surface area contributed by atoms with Crippen molar-refractivity contribution in [3.05, 3.63) is 42.6 Å². The van der Waals surface area contributed by atoms with Crippen LogP contribution in [0.3, 0.4) is 0 Å². The molecule has 1 fully saturated rings. The van der Waals surface area contributed by atoms with Crippen LogP contribution in [-0.4, -0.2) is 36.8 Å². The molecule has 1 heterocycles. The normalized spacial score (nSPS) is 14.3. The molecule has 0 atom stereocenters. The number of aromatic nitrogens is 1. The van der Waals surface area contributed by atoms with Gasteiger partial charge in [0.25, 0.3) is 0 Å². The van der Waals surface area contributed by atoms with Crippen LogP contribution < -0.4 is 19.9 Å². The number of benzene rings is 2. The number of methoxy groups -OCH3 is 2. The van der Waals surface area contributed by atoms with Gasteiger partial charge in [-0.25, -0.2) is 0 Å². The van der Waals surface area contributed by atoms with Crippen LogP contribution in [-0.2, 0) is 4.79 Å². The van der Waals surface area contributed by atoms with Crippen molar-refractivity contribution < 1.29 is 24.1 Å². The van der Waals surface area contributed by atoms with Crippen molar-refractivity contribution >= 4 is 16.8 Å². The number of hydrogen-bond donors (Lipinski definition) is 2. The fraction of sp³-hybridized carbons (Fsp3) is 0.304. The maximum absolute atomic E-state index is 11.4. The first-order valence-corrected chi connectivity index (χ1v) is 9.70. The van der Waals surface area contributed by atoms with E-state index >= 15 is 0 Å². The molecule has 1 aromatic heterocycles. The van der Waals surface area contributed by atoms with Crippen molar-refractivity contribution in [2.24, 2.45) is 11.1 Å². The van der Waals surface area contributed by atoms with Crippen LogP contribution in [0.25, 0.3) is 22.0 Å². The van der Waals surface area contributed by atoms with E-state index in [-0.39, 0.29) is 22.8 Å². The number of rotatable bonds is 8. The summed E-state index contributed by atoms with van der Waals surface area (Å²) < 4.78 is 16.8. The third kappa shape index (κ3) is 3.83. The minimum absolute atomic E-state index is 0.0196. The molecule has 0 bridgehead atoms. The van der Waals surface area contributed by atoms with Gasteiger partial charge in [0.15, 0.2) is 11.5 Å². The number of aromatic hydroxyl groups is 1. The van der Waals surface area contributed by atoms with Crippen molar-refractivity contribution in [2.45, 2.75) is 19.3 Å². The van der Waals surface area contributed by atoms with Gasteiger partial charge in [0.2, 0.25) is 11.7 Å². The summed E-state index contributed by atoms with van der Waals surface area (Å²) in [5.74, 6) is 1.04. The molecule has 3 aromatic rings. The highest BCUT2D eigenvalue weighted by Gasteiger charge is 2.44. The Bertz CT molecular complexity index is 1110. The second kappa shape index (κ2) is 7.74. The summed E-state index contributed by atoms with van der Waals surface area (Å²) in [4.78, 5) is 15.8. The molecule has 0 spiro atoms. The fourth-order valence-corrected chi connectivity index (χ4v) is 3.70. The summed E-state index contributed by atoms with van der Waals surface area (Å²) in [6.07, 6.45) is 3.90. The second-order valence-corrected chi connectivity index (χ2v) is 7.71. The van der Waals surface area contributed by atoms with Crippen LogP contribution in [0, 0.1) is 5.41 Å². The van der Waals surface area contributed by atoms with Crippen LogP contribution in [0.1, 0.15) is 19.3 Å². The number of phenolic OH excluding ortho intramolecular Hbond substituents is 1. The van der Waals surface area contributed by atoms with E-state index in [1.54, 1.807) is 18.3 Å². The van der Waals surface area contributed by atoms with Gasteiger partial charge >= 0.3 is 0 Å². The quantitative estimate of drug-likeness (QED) is 0.590. The molecule has 0 saturated heterocycles. The van der Waals surface area contributed by atoms with Crippen LogP contribution in [0.15, 0.2) is 42.6 Å². The van der Waals surface area contributed by atoms with E-state index in [1.807, 2.05) is 24.3 Å². The number of hydrogen-bond acceptors (Lipinski definition) is 6. The van der Waals surface area contributed by atoms with Gasteiger partial charge in [-0.1, -0.05) is 0 Å². The Morgan fingerprint density at radius 2 is 1.87 bits per heavy atom. The van der Waals surface area contributed by atoms with Crippen molar-refractivity contribution in [2.75, 3.05) is 20.8 Å². The molecule has 7 nitrogen and oxygen atoms in total. The fourth-order valence-electron chi connectivity index (χ4n) is 3.70. The van der Waals surface area contributed by atoms with Crippen molar-refractivity contribution in [1.82, 2.24) is 4.98 Å². The zero-order chi connectivity index (χ0) is 21.3. The first kappa shape index (κ1) is 19.8. The Hall–Kier alpha value is -3.48. The number of amides is 1. The SMILES string of the molecule is COc1cc(-c2cc(OCC3(CC(N)=O)CC3)c3cccnc3c2)cc(O)c1OC. The summed E-state index contributed by atoms with van der Waals surface area (Å²) >= 11 is 0. The van der Waals surface area contributed by atoms with Crippen LogP contribution in [0.5, 0.6) is 23.0 Å². The highest BCUT2D eigenvalue weighted by molar-refractivity contribution is 5.90. The predicted octanol–water partition coefficient (Wildman–Crippen LogP) is 3.66. The van der Waals surface area contributed by atoms with E-state index in [0.717, 1.165) is 34.9 Å². The molecule has 2 aromatic carbocycles. The maximum atomic E-state index is 11.4. The summed E-state index contributed by atoms with van der Waals surface area (Å²) in [5.41, 5.74) is 7.54. The van der Waals surface area contributed by atoms with E-state index in [2.05, 4.69) is 4.98 Å². The highest BCUT2D eigenvalue weighted by Crippen LogP contribution is 2.49. The molecule has 4 rings (SSSR count). The standard InChI is InChI=1S/C23H24N2O5/c1-28-20-11-15(9-18(26)22(20)29-2)14-8-17-16(4-3-7-25-17)19(10-14)30-13-23(5-6-23)12-21(24)27/h3-4,7-11,26H,5-6,12-13H2,1-2H3,(H2,24,27). The Morgan fingerprint density at radius 1 is 1.13 bits per heavy atom. The second-order valence-electron chi connectivity index (χ2n) is 7.71. The Balaban J connectivity index is 1.74. The maximum Gasteiger partial charge on any atom is 0.218 e. The molecule has 1 amide bonds. The highest BCUT2D eigenvalue weighted by atomic mass is 16.5. The number of pyridine rings is 1. The number of carbonyl (C=O) groups is 1. The van der Waals surface area contributed by atoms with Crippen molar-refractivity contribution in [3.63, 3.8) is 0 Å². The van der Waals surface area contributed by atoms with Crippen LogP contribution in [0.2, 0.25) is 0 Å². The topological polar surface area (TPSA) is 104 Å². The monoisotopic (exact) mass is 408 g/mol. The van der Waals surface area contributed by atoms with Crippen molar-refractivity contribution in [3.8, 4) is 34.1 Å². The average Bonchev–Trinajstić information content (AvgIpc) is 3.49. The number of nitrogens with two attached hydrogens (primary N) is 1. The number of ether oxygens (including phenoxy) is 3. The zero-order valence-electron chi connectivity index (χ0n) is 17.0. The molecule has 1 saturated carbocycles. The minimum Gasteiger partial charge on any atom is -0.504 e. The number of phenols is 1. The van der Waals surface area contributed by atoms with Crippen molar-refractivity contribution in [1.29, 1.82) is 0 Å². The molecule has 1 aliphatic carbocycles. The minimum atomic E-state index is -0.308. The van der Waals surface area contributed by atoms with E-state index < -0.39 is 0 Å². The molecule has 1 aliphatic rings. The van der Waals surface area contributed by atoms with Gasteiger partial charge in [-0.05, 0) is 60.4 Å². The number of primary amides is 1. The van der Waals surface area contributed by atoms with Gasteiger partial charge in [-0.3, -0.25) is 9.78 Å². The third-order valence-corrected chi connectivity index (χ3v) is 5.52. The molecule has 0 radical (unpaired) electrons. The molecule has 156 valence electrons. The van der Waals surface area contributed by atoms with Gasteiger partial charge < -0.3 is 25.1 Å². The average molecular weight is 408 g/mol. The molecule has 0 unspecified atom stereocenters. The Morgan fingerprint density at radius 3 is 2.53 bits per heavy atom. The Labute approximate surface area is 174 Å². The van der Waals surface area contributed by atoms with Gasteiger partial charge in [0, 0.05) is 23.4 Å². The first-order chi connectivity index (χ1) is 14.4. The lowest BCUT2D eigenvalue weighted by Gasteiger charge is -2.17. The number of carbonyl (C=O) groups excluding carboxylic acids is 1. The van der Waals surface area contributed by atoms with E-state index in [0.29, 0.717) is 24.5 Å². The lowest BCUT2D eigenvalue weighted by molar-refractivity contribution is -0.119. The summed E-state index contributed by atoms with van der Waals surface area (Å²) in [6, 6.07) is 11.0. The summed E-state index contributed by atoms with van der Waals surface area (Å²) in [5, 5.41) is 11.2. The van der Waals surface area contributed by atoms with E-state index in [4.69, 9.17) is 19.9 Å². The number of nitrogens with zero attached hydrogens (tertiary/aromatic N) is 1. The third-order valence-electron chi connectivity index (χ3n) is 5.52. The van der Waals surface area contributed by atoms with E-state index in [1.165, 1.54) is 14.2 Å². The molecular weight excluding hydrogens is 384 g/mol. The number of fused-ring (bicyclic) bond motifs is 1. The Kier molecular flexibility index (Phi) is 5.11. The van der Waals surface area contributed by atoms with Gasteiger partial charge in [0.05, 0.1) is 26.3 Å². The van der Waals surface area contributed by atoms with Gasteiger partial charge in [0.1, 0.15) is 5.75 Å². The van der Waals surface area contributed by atoms with Gasteiger partial charge in [-0.15, -0.1) is 0 Å². The molecule has 0 aliphatic heterocycles. The van der Waals surface area contributed by atoms with E-state index in [9.17, 15) is 9.90 Å². The molecule has 7 heteroatoms. The molecular formula is C23H24N2O5. The summed E-state index contributed by atoms with van der Waals surface area (Å²) in [6.45, 7) is 0.417. The first-order valence-electron chi connectivity index (χ1n) is 9.70. The smallest absolute Gasteiger partial charge is 0.218 e. The lowest BCUT2D eigenvalue weighted by Crippen LogP contribution is -2.22. The van der Waals surface area contributed by atoms with Gasteiger partial charge in [-0.2, -0.15) is 0 Å². The molecule has 3 N–H and O–H groups in total. The summed E-state index contributed by atoms with van der Waals surface area (Å²) in [7, 11) is 2.99. The predicted molar refractivity (Wildman–Crippen MR) is 113 cm³/mol. The van der Waals surface area contributed by atoms with Crippen LogP contribution in [0.4, 0.5) is 0 Å².